The fourth-order valence-electron chi connectivity index (χ4n) is 3.26. The van der Waals surface area contributed by atoms with Gasteiger partial charge in [-0.1, -0.05) is 48.0 Å². The number of ether oxygens (including phenoxy) is 1. The molecule has 0 heterocycles. The third kappa shape index (κ3) is 4.90. The van der Waals surface area contributed by atoms with Gasteiger partial charge in [-0.3, -0.25) is 4.99 Å². The number of aliphatic imine (C=N–C) groups is 1. The van der Waals surface area contributed by atoms with Crippen LogP contribution in [0.25, 0.3) is 0 Å². The Morgan fingerprint density at radius 3 is 2.54 bits per heavy atom. The normalized spacial score (nSPS) is 15.0. The van der Waals surface area contributed by atoms with Crippen LogP contribution < -0.4 is 15.4 Å². The van der Waals surface area contributed by atoms with Crippen LogP contribution in [0.5, 0.6) is 5.75 Å². The van der Waals surface area contributed by atoms with Gasteiger partial charge in [0.05, 0.1) is 7.11 Å². The number of hydrogen-bond donors (Lipinski definition) is 2. The molecule has 0 atom stereocenters. The first-order valence-electron chi connectivity index (χ1n) is 8.80. The largest absolute Gasteiger partial charge is 0.496 e. The van der Waals surface area contributed by atoms with E-state index >= 15 is 0 Å². The summed E-state index contributed by atoms with van der Waals surface area (Å²) in [7, 11) is 3.55. The van der Waals surface area contributed by atoms with Gasteiger partial charge in [0.15, 0.2) is 5.96 Å². The number of aryl methyl sites for hydroxylation is 1. The molecule has 1 fully saturated rings. The lowest BCUT2D eigenvalue weighted by Crippen LogP contribution is -2.41. The maximum absolute atomic E-state index is 5.55. The molecule has 2 aromatic carbocycles. The van der Waals surface area contributed by atoms with E-state index in [1.807, 2.05) is 19.2 Å². The van der Waals surface area contributed by atoms with Crippen LogP contribution in [0.1, 0.15) is 29.5 Å². The predicted octanol–water partition coefficient (Wildman–Crippen LogP) is 4.02. The maximum Gasteiger partial charge on any atom is 0.191 e. The van der Waals surface area contributed by atoms with Crippen LogP contribution in [-0.4, -0.2) is 26.7 Å². The fraction of sp³-hybridized carbons (Fsp3) is 0.381. The quantitative estimate of drug-likeness (QED) is 0.385. The highest BCUT2D eigenvalue weighted by Gasteiger charge is 2.46. The van der Waals surface area contributed by atoms with E-state index in [1.165, 1.54) is 29.5 Å². The van der Waals surface area contributed by atoms with E-state index in [0.29, 0.717) is 0 Å². The van der Waals surface area contributed by atoms with Crippen LogP contribution >= 0.6 is 24.0 Å². The lowest BCUT2D eigenvalue weighted by atomic mass is 9.95. The van der Waals surface area contributed by atoms with Crippen molar-refractivity contribution in [2.45, 2.75) is 31.7 Å². The molecule has 0 unspecified atom stereocenters. The van der Waals surface area contributed by atoms with Gasteiger partial charge in [0.1, 0.15) is 5.75 Å². The van der Waals surface area contributed by atoms with Crippen LogP contribution in [0.3, 0.4) is 0 Å². The van der Waals surface area contributed by atoms with Gasteiger partial charge in [-0.2, -0.15) is 0 Å². The second kappa shape index (κ2) is 9.26. The summed E-state index contributed by atoms with van der Waals surface area (Å²) in [6, 6.07) is 16.8. The van der Waals surface area contributed by atoms with Gasteiger partial charge in [0.25, 0.3) is 0 Å². The Morgan fingerprint density at radius 2 is 1.88 bits per heavy atom. The molecule has 26 heavy (non-hydrogen) atoms. The van der Waals surface area contributed by atoms with E-state index in [-0.39, 0.29) is 29.4 Å². The van der Waals surface area contributed by atoms with Crippen LogP contribution in [-0.2, 0) is 12.0 Å². The maximum atomic E-state index is 5.55. The van der Waals surface area contributed by atoms with Crippen LogP contribution in [0.15, 0.2) is 53.5 Å². The molecule has 1 aliphatic carbocycles. The van der Waals surface area contributed by atoms with Gasteiger partial charge in [-0.05, 0) is 31.4 Å². The molecule has 0 bridgehead atoms. The monoisotopic (exact) mass is 465 g/mol. The van der Waals surface area contributed by atoms with Crippen molar-refractivity contribution < 1.29 is 4.74 Å². The van der Waals surface area contributed by atoms with E-state index in [4.69, 9.17) is 4.74 Å². The number of guanidine groups is 1. The Bertz CT molecular complexity index is 756. The standard InChI is InChI=1S/C21H27N3O.HI/c1-16-7-6-8-17(13-16)14-23-20(22-2)24-15-21(11-12-21)18-9-4-5-10-19(18)25-3;/h4-10,13H,11-12,14-15H2,1-3H3,(H2,22,23,24);1H. The topological polar surface area (TPSA) is 45.7 Å². The SMILES string of the molecule is CN=C(NCc1cccc(C)c1)NCC1(c2ccccc2OC)CC1.I. The van der Waals surface area contributed by atoms with Gasteiger partial charge in [-0.15, -0.1) is 24.0 Å². The van der Waals surface area contributed by atoms with Crippen molar-refractivity contribution in [1.29, 1.82) is 0 Å². The van der Waals surface area contributed by atoms with Gasteiger partial charge in [0.2, 0.25) is 0 Å². The second-order valence-electron chi connectivity index (χ2n) is 6.75. The number of benzene rings is 2. The van der Waals surface area contributed by atoms with Gasteiger partial charge < -0.3 is 15.4 Å². The minimum Gasteiger partial charge on any atom is -0.496 e. The summed E-state index contributed by atoms with van der Waals surface area (Å²) in [6.45, 7) is 3.74. The number of halogens is 1. The molecular formula is C21H28IN3O. The number of rotatable bonds is 6. The molecule has 0 saturated heterocycles. The van der Waals surface area contributed by atoms with E-state index in [0.717, 1.165) is 24.8 Å². The molecule has 5 heteroatoms. The summed E-state index contributed by atoms with van der Waals surface area (Å²) >= 11 is 0. The van der Waals surface area contributed by atoms with Crippen LogP contribution in [0.4, 0.5) is 0 Å². The van der Waals surface area contributed by atoms with Crippen molar-refractivity contribution in [3.63, 3.8) is 0 Å². The fourth-order valence-corrected chi connectivity index (χ4v) is 3.26. The molecule has 0 aliphatic heterocycles. The molecule has 1 saturated carbocycles. The van der Waals surface area contributed by atoms with Gasteiger partial charge in [-0.25, -0.2) is 0 Å². The number of hydrogen-bond acceptors (Lipinski definition) is 2. The highest BCUT2D eigenvalue weighted by Crippen LogP contribution is 2.50. The summed E-state index contributed by atoms with van der Waals surface area (Å²) in [5.41, 5.74) is 3.98. The summed E-state index contributed by atoms with van der Waals surface area (Å²) in [5.74, 6) is 1.81. The first kappa shape index (κ1) is 20.6. The number of para-hydroxylation sites is 1. The van der Waals surface area contributed by atoms with Crippen molar-refractivity contribution in [2.24, 2.45) is 4.99 Å². The van der Waals surface area contributed by atoms with Crippen LogP contribution in [0, 0.1) is 6.92 Å². The van der Waals surface area contributed by atoms with Crippen molar-refractivity contribution >= 4 is 29.9 Å². The average molecular weight is 465 g/mol. The molecule has 4 nitrogen and oxygen atoms in total. The summed E-state index contributed by atoms with van der Waals surface area (Å²) in [6.07, 6.45) is 2.35. The first-order chi connectivity index (χ1) is 12.2. The molecule has 0 spiro atoms. The Balaban J connectivity index is 0.00000243. The van der Waals surface area contributed by atoms with Crippen molar-refractivity contribution in [2.75, 3.05) is 20.7 Å². The summed E-state index contributed by atoms with van der Waals surface area (Å²) < 4.78 is 5.55. The Morgan fingerprint density at radius 1 is 1.12 bits per heavy atom. The van der Waals surface area contributed by atoms with E-state index in [9.17, 15) is 0 Å². The summed E-state index contributed by atoms with van der Waals surface area (Å²) in [4.78, 5) is 4.36. The molecule has 0 radical (unpaired) electrons. The highest BCUT2D eigenvalue weighted by molar-refractivity contribution is 14.0. The van der Waals surface area contributed by atoms with Crippen molar-refractivity contribution in [3.05, 3.63) is 65.2 Å². The zero-order valence-corrected chi connectivity index (χ0v) is 18.0. The third-order valence-corrected chi connectivity index (χ3v) is 4.89. The van der Waals surface area contributed by atoms with Crippen molar-refractivity contribution in [3.8, 4) is 5.75 Å². The molecule has 2 aromatic rings. The Hall–Kier alpha value is -1.76. The minimum atomic E-state index is 0. The average Bonchev–Trinajstić information content (AvgIpc) is 3.43. The van der Waals surface area contributed by atoms with Gasteiger partial charge >= 0.3 is 0 Å². The lowest BCUT2D eigenvalue weighted by Gasteiger charge is -2.21. The molecule has 2 N–H and O–H groups in total. The third-order valence-electron chi connectivity index (χ3n) is 4.89. The molecule has 0 amide bonds. The van der Waals surface area contributed by atoms with E-state index in [2.05, 4.69) is 58.9 Å². The van der Waals surface area contributed by atoms with Crippen molar-refractivity contribution in [1.82, 2.24) is 10.6 Å². The van der Waals surface area contributed by atoms with E-state index in [1.54, 1.807) is 7.11 Å². The smallest absolute Gasteiger partial charge is 0.191 e. The minimum absolute atomic E-state index is 0. The molecule has 1 aliphatic rings. The zero-order chi connectivity index (χ0) is 17.7. The molecule has 140 valence electrons. The predicted molar refractivity (Wildman–Crippen MR) is 119 cm³/mol. The van der Waals surface area contributed by atoms with Gasteiger partial charge in [0, 0.05) is 31.1 Å². The first-order valence-corrected chi connectivity index (χ1v) is 8.80. The van der Waals surface area contributed by atoms with E-state index < -0.39 is 0 Å². The number of methoxy groups -OCH3 is 1. The Kier molecular flexibility index (Phi) is 7.32. The highest BCUT2D eigenvalue weighted by atomic mass is 127. The Labute approximate surface area is 173 Å². The molecule has 0 aromatic heterocycles. The zero-order valence-electron chi connectivity index (χ0n) is 15.7. The lowest BCUT2D eigenvalue weighted by molar-refractivity contribution is 0.403. The number of nitrogens with zero attached hydrogens (tertiary/aromatic N) is 1. The summed E-state index contributed by atoms with van der Waals surface area (Å²) in [5, 5.41) is 6.89. The molecular weight excluding hydrogens is 437 g/mol. The second-order valence-corrected chi connectivity index (χ2v) is 6.75. The van der Waals surface area contributed by atoms with Crippen LogP contribution in [0.2, 0.25) is 0 Å². The number of nitrogens with one attached hydrogen (secondary N) is 2. The molecule has 3 rings (SSSR count).